The highest BCUT2D eigenvalue weighted by molar-refractivity contribution is 5.19. The van der Waals surface area contributed by atoms with Gasteiger partial charge in [-0.05, 0) is 51.6 Å². The summed E-state index contributed by atoms with van der Waals surface area (Å²) in [5.41, 5.74) is 0.454. The normalized spacial score (nSPS) is 22.4. The van der Waals surface area contributed by atoms with E-state index in [0.717, 1.165) is 19.4 Å². The van der Waals surface area contributed by atoms with E-state index < -0.39 is 0 Å². The van der Waals surface area contributed by atoms with Gasteiger partial charge in [0.25, 0.3) is 0 Å². The van der Waals surface area contributed by atoms with Crippen LogP contribution in [-0.2, 0) is 6.54 Å². The summed E-state index contributed by atoms with van der Waals surface area (Å²) in [5.74, 6) is -0.686. The van der Waals surface area contributed by atoms with E-state index in [0.29, 0.717) is 24.2 Å². The molecule has 1 N–H and O–H groups in total. The molecule has 1 aliphatic rings. The number of benzene rings is 1. The summed E-state index contributed by atoms with van der Waals surface area (Å²) in [4.78, 5) is 2.27. The zero-order valence-corrected chi connectivity index (χ0v) is 11.6. The quantitative estimate of drug-likeness (QED) is 0.903. The number of nitrogens with one attached hydrogen (secondary N) is 1. The van der Waals surface area contributed by atoms with E-state index in [9.17, 15) is 8.78 Å². The fraction of sp³-hybridized carbons (Fsp3) is 0.600. The van der Waals surface area contributed by atoms with Gasteiger partial charge in [-0.3, -0.25) is 4.90 Å². The summed E-state index contributed by atoms with van der Waals surface area (Å²) >= 11 is 0. The Bertz CT molecular complexity index is 423. The van der Waals surface area contributed by atoms with Crippen molar-refractivity contribution in [2.75, 3.05) is 13.6 Å². The van der Waals surface area contributed by atoms with Crippen molar-refractivity contribution >= 4 is 0 Å². The van der Waals surface area contributed by atoms with Gasteiger partial charge in [-0.2, -0.15) is 0 Å². The van der Waals surface area contributed by atoms with Gasteiger partial charge < -0.3 is 5.32 Å². The average Bonchev–Trinajstić information content (AvgIpc) is 2.42. The molecule has 2 unspecified atom stereocenters. The molecule has 2 atom stereocenters. The number of likely N-dealkylation sites (N-methyl/N-ethyl adjacent to an activating group) is 1. The van der Waals surface area contributed by atoms with Gasteiger partial charge in [0.1, 0.15) is 11.6 Å². The number of piperidine rings is 1. The van der Waals surface area contributed by atoms with Gasteiger partial charge >= 0.3 is 0 Å². The second kappa shape index (κ2) is 6.44. The Balaban J connectivity index is 2.12. The highest BCUT2D eigenvalue weighted by atomic mass is 19.1. The molecule has 0 spiro atoms. The molecule has 0 saturated carbocycles. The first-order chi connectivity index (χ1) is 9.11. The van der Waals surface area contributed by atoms with Crippen LogP contribution in [0.15, 0.2) is 18.2 Å². The maximum Gasteiger partial charge on any atom is 0.127 e. The van der Waals surface area contributed by atoms with E-state index in [1.165, 1.54) is 24.6 Å². The Morgan fingerprint density at radius 3 is 2.89 bits per heavy atom. The van der Waals surface area contributed by atoms with E-state index >= 15 is 0 Å². The van der Waals surface area contributed by atoms with E-state index in [4.69, 9.17) is 0 Å². The summed E-state index contributed by atoms with van der Waals surface area (Å²) in [6.45, 7) is 3.58. The molecule has 1 aliphatic heterocycles. The molecule has 0 radical (unpaired) electrons. The van der Waals surface area contributed by atoms with E-state index in [1.54, 1.807) is 0 Å². The molecule has 1 saturated heterocycles. The van der Waals surface area contributed by atoms with Gasteiger partial charge in [-0.15, -0.1) is 0 Å². The number of hydrogen-bond donors (Lipinski definition) is 1. The first-order valence-electron chi connectivity index (χ1n) is 6.97. The second-order valence-electron chi connectivity index (χ2n) is 5.35. The maximum absolute atomic E-state index is 13.7. The minimum absolute atomic E-state index is 0.317. The molecule has 1 aromatic carbocycles. The van der Waals surface area contributed by atoms with Crippen LogP contribution >= 0.6 is 0 Å². The third-order valence-electron chi connectivity index (χ3n) is 4.08. The lowest BCUT2D eigenvalue weighted by molar-refractivity contribution is 0.113. The predicted molar refractivity (Wildman–Crippen MR) is 72.9 cm³/mol. The van der Waals surface area contributed by atoms with Gasteiger partial charge in [0.15, 0.2) is 0 Å². The zero-order valence-electron chi connectivity index (χ0n) is 11.6. The molecule has 19 heavy (non-hydrogen) atoms. The Labute approximate surface area is 113 Å². The summed E-state index contributed by atoms with van der Waals surface area (Å²) in [6, 6.07) is 4.44. The van der Waals surface area contributed by atoms with Crippen molar-refractivity contribution in [1.82, 2.24) is 10.2 Å². The first-order valence-corrected chi connectivity index (χ1v) is 6.97. The molecular weight excluding hydrogens is 246 g/mol. The standard InChI is InChI=1S/C15H22F2N2/c1-11(18-2)15-5-3-4-8-19(15)10-12-9-13(16)6-7-14(12)17/h6-7,9,11,15,18H,3-5,8,10H2,1-2H3. The van der Waals surface area contributed by atoms with Crippen molar-refractivity contribution in [1.29, 1.82) is 0 Å². The zero-order chi connectivity index (χ0) is 13.8. The van der Waals surface area contributed by atoms with Gasteiger partial charge in [-0.1, -0.05) is 6.42 Å². The van der Waals surface area contributed by atoms with Gasteiger partial charge in [-0.25, -0.2) is 8.78 Å². The Kier molecular flexibility index (Phi) is 4.88. The van der Waals surface area contributed by atoms with Crippen molar-refractivity contribution in [3.8, 4) is 0 Å². The van der Waals surface area contributed by atoms with Gasteiger partial charge in [0.2, 0.25) is 0 Å². The van der Waals surface area contributed by atoms with Crippen molar-refractivity contribution < 1.29 is 8.78 Å². The lowest BCUT2D eigenvalue weighted by Gasteiger charge is -2.39. The lowest BCUT2D eigenvalue weighted by Crippen LogP contribution is -2.49. The average molecular weight is 268 g/mol. The van der Waals surface area contributed by atoms with Crippen LogP contribution in [0.5, 0.6) is 0 Å². The fourth-order valence-corrected chi connectivity index (χ4v) is 2.85. The van der Waals surface area contributed by atoms with E-state index in [1.807, 2.05) is 7.05 Å². The van der Waals surface area contributed by atoms with Crippen LogP contribution < -0.4 is 5.32 Å². The highest BCUT2D eigenvalue weighted by Crippen LogP contribution is 2.23. The van der Waals surface area contributed by atoms with Crippen LogP contribution in [0, 0.1) is 11.6 Å². The van der Waals surface area contributed by atoms with Gasteiger partial charge in [0, 0.05) is 24.2 Å². The van der Waals surface area contributed by atoms with Crippen molar-refractivity contribution in [2.45, 2.75) is 44.8 Å². The summed E-state index contributed by atoms with van der Waals surface area (Å²) < 4.78 is 27.0. The smallest absolute Gasteiger partial charge is 0.127 e. The molecule has 0 bridgehead atoms. The number of nitrogens with zero attached hydrogens (tertiary/aromatic N) is 1. The van der Waals surface area contributed by atoms with Crippen molar-refractivity contribution in [3.05, 3.63) is 35.4 Å². The monoisotopic (exact) mass is 268 g/mol. The fourth-order valence-electron chi connectivity index (χ4n) is 2.85. The molecular formula is C15H22F2N2. The maximum atomic E-state index is 13.7. The Hall–Kier alpha value is -1.00. The predicted octanol–water partition coefficient (Wildman–Crippen LogP) is 2.93. The molecule has 1 heterocycles. The summed E-state index contributed by atoms with van der Waals surface area (Å²) in [7, 11) is 1.94. The van der Waals surface area contributed by atoms with Crippen LogP contribution in [0.1, 0.15) is 31.7 Å². The SMILES string of the molecule is CNC(C)C1CCCCN1Cc1cc(F)ccc1F. The molecule has 4 heteroatoms. The number of halogens is 2. The molecule has 0 aliphatic carbocycles. The molecule has 2 nitrogen and oxygen atoms in total. The largest absolute Gasteiger partial charge is 0.316 e. The van der Waals surface area contributed by atoms with Crippen LogP contribution in [0.25, 0.3) is 0 Å². The van der Waals surface area contributed by atoms with Crippen molar-refractivity contribution in [3.63, 3.8) is 0 Å². The molecule has 1 fully saturated rings. The third kappa shape index (κ3) is 3.51. The molecule has 2 rings (SSSR count). The summed E-state index contributed by atoms with van der Waals surface area (Å²) in [6.07, 6.45) is 3.45. The Morgan fingerprint density at radius 2 is 2.16 bits per heavy atom. The topological polar surface area (TPSA) is 15.3 Å². The van der Waals surface area contributed by atoms with Crippen LogP contribution in [0.4, 0.5) is 8.78 Å². The number of rotatable bonds is 4. The minimum Gasteiger partial charge on any atom is -0.316 e. The highest BCUT2D eigenvalue weighted by Gasteiger charge is 2.27. The third-order valence-corrected chi connectivity index (χ3v) is 4.08. The lowest BCUT2D eigenvalue weighted by atomic mass is 9.96. The van der Waals surface area contributed by atoms with Crippen molar-refractivity contribution in [2.24, 2.45) is 0 Å². The molecule has 106 valence electrons. The second-order valence-corrected chi connectivity index (χ2v) is 5.35. The number of likely N-dealkylation sites (tertiary alicyclic amines) is 1. The van der Waals surface area contributed by atoms with Crippen LogP contribution in [0.3, 0.4) is 0 Å². The first kappa shape index (κ1) is 14.4. The van der Waals surface area contributed by atoms with E-state index in [-0.39, 0.29) is 11.6 Å². The number of hydrogen-bond acceptors (Lipinski definition) is 2. The van der Waals surface area contributed by atoms with Gasteiger partial charge in [0.05, 0.1) is 0 Å². The molecule has 1 aromatic rings. The minimum atomic E-state index is -0.369. The van der Waals surface area contributed by atoms with Crippen LogP contribution in [-0.4, -0.2) is 30.6 Å². The summed E-state index contributed by atoms with van der Waals surface area (Å²) in [5, 5.41) is 3.27. The molecule has 0 amide bonds. The van der Waals surface area contributed by atoms with E-state index in [2.05, 4.69) is 17.1 Å². The van der Waals surface area contributed by atoms with Crippen LogP contribution in [0.2, 0.25) is 0 Å². The Morgan fingerprint density at radius 1 is 1.37 bits per heavy atom. The molecule has 0 aromatic heterocycles.